The molecule has 0 bridgehead atoms. The summed E-state index contributed by atoms with van der Waals surface area (Å²) in [6.45, 7) is 6.00. The Bertz CT molecular complexity index is 269. The molecule has 1 heterocycles. The SMILES string of the molecule is Cc1ccc(F)c(CC(C)C)n1. The van der Waals surface area contributed by atoms with Gasteiger partial charge in [0, 0.05) is 5.69 Å². The Balaban J connectivity index is 2.90. The largest absolute Gasteiger partial charge is 0.255 e. The molecule has 0 fully saturated rings. The Labute approximate surface area is 72.6 Å². The first-order chi connectivity index (χ1) is 5.59. The van der Waals surface area contributed by atoms with Gasteiger partial charge >= 0.3 is 0 Å². The highest BCUT2D eigenvalue weighted by atomic mass is 19.1. The highest BCUT2D eigenvalue weighted by Gasteiger charge is 2.05. The van der Waals surface area contributed by atoms with Crippen LogP contribution in [0.2, 0.25) is 0 Å². The lowest BCUT2D eigenvalue weighted by atomic mass is 10.1. The van der Waals surface area contributed by atoms with Crippen LogP contribution < -0.4 is 0 Å². The van der Waals surface area contributed by atoms with Crippen LogP contribution in [-0.4, -0.2) is 4.98 Å². The normalized spacial score (nSPS) is 10.8. The molecule has 66 valence electrons. The average Bonchev–Trinajstić information content (AvgIpc) is 1.96. The van der Waals surface area contributed by atoms with Crippen molar-refractivity contribution in [1.29, 1.82) is 0 Å². The number of aryl methyl sites for hydroxylation is 1. The molecule has 1 aromatic rings. The van der Waals surface area contributed by atoms with Crippen molar-refractivity contribution in [3.8, 4) is 0 Å². The zero-order valence-electron chi connectivity index (χ0n) is 7.76. The number of hydrogen-bond acceptors (Lipinski definition) is 1. The fraction of sp³-hybridized carbons (Fsp3) is 0.500. The molecule has 0 aliphatic rings. The van der Waals surface area contributed by atoms with Gasteiger partial charge in [0.2, 0.25) is 0 Å². The Morgan fingerprint density at radius 1 is 1.42 bits per heavy atom. The Morgan fingerprint density at radius 3 is 2.67 bits per heavy atom. The molecule has 2 heteroatoms. The van der Waals surface area contributed by atoms with E-state index in [-0.39, 0.29) is 5.82 Å². The molecule has 0 atom stereocenters. The van der Waals surface area contributed by atoms with Crippen LogP contribution in [0.4, 0.5) is 4.39 Å². The lowest BCUT2D eigenvalue weighted by molar-refractivity contribution is 0.558. The van der Waals surface area contributed by atoms with Crippen molar-refractivity contribution in [2.75, 3.05) is 0 Å². The maximum absolute atomic E-state index is 13.1. The second kappa shape index (κ2) is 3.65. The summed E-state index contributed by atoms with van der Waals surface area (Å²) in [7, 11) is 0. The number of hydrogen-bond donors (Lipinski definition) is 0. The van der Waals surface area contributed by atoms with Crippen LogP contribution >= 0.6 is 0 Å². The third-order valence-corrected chi connectivity index (χ3v) is 1.66. The first kappa shape index (κ1) is 9.17. The summed E-state index contributed by atoms with van der Waals surface area (Å²) in [5.74, 6) is 0.267. The van der Waals surface area contributed by atoms with Crippen LogP contribution in [0, 0.1) is 18.7 Å². The first-order valence-corrected chi connectivity index (χ1v) is 4.21. The predicted octanol–water partition coefficient (Wildman–Crippen LogP) is 2.73. The molecule has 12 heavy (non-hydrogen) atoms. The standard InChI is InChI=1S/C10H14FN/c1-7(2)6-10-9(11)5-4-8(3)12-10/h4-5,7H,6H2,1-3H3. The summed E-state index contributed by atoms with van der Waals surface area (Å²) in [5, 5.41) is 0. The number of aromatic nitrogens is 1. The van der Waals surface area contributed by atoms with Crippen LogP contribution in [0.25, 0.3) is 0 Å². The summed E-state index contributed by atoms with van der Waals surface area (Å²) in [5.41, 5.74) is 1.47. The molecule has 0 aliphatic carbocycles. The molecule has 0 saturated heterocycles. The van der Waals surface area contributed by atoms with Gasteiger partial charge in [0.25, 0.3) is 0 Å². The molecule has 1 rings (SSSR count). The van der Waals surface area contributed by atoms with E-state index in [1.165, 1.54) is 6.07 Å². The maximum atomic E-state index is 13.1. The van der Waals surface area contributed by atoms with E-state index in [2.05, 4.69) is 18.8 Å². The fourth-order valence-corrected chi connectivity index (χ4v) is 1.12. The first-order valence-electron chi connectivity index (χ1n) is 4.21. The van der Waals surface area contributed by atoms with Crippen LogP contribution in [-0.2, 0) is 6.42 Å². The minimum absolute atomic E-state index is 0.186. The highest BCUT2D eigenvalue weighted by molar-refractivity contribution is 5.12. The number of pyridine rings is 1. The molecule has 0 N–H and O–H groups in total. The third-order valence-electron chi connectivity index (χ3n) is 1.66. The van der Waals surface area contributed by atoms with Crippen molar-refractivity contribution in [3.05, 3.63) is 29.3 Å². The monoisotopic (exact) mass is 167 g/mol. The second-order valence-corrected chi connectivity index (χ2v) is 3.48. The topological polar surface area (TPSA) is 12.9 Å². The van der Waals surface area contributed by atoms with Crippen LogP contribution in [0.5, 0.6) is 0 Å². The van der Waals surface area contributed by atoms with Gasteiger partial charge in [0.1, 0.15) is 5.82 Å². The van der Waals surface area contributed by atoms with Crippen molar-refractivity contribution in [2.24, 2.45) is 5.92 Å². The summed E-state index contributed by atoms with van der Waals surface area (Å²) in [6.07, 6.45) is 0.716. The fourth-order valence-electron chi connectivity index (χ4n) is 1.12. The minimum Gasteiger partial charge on any atom is -0.255 e. The van der Waals surface area contributed by atoms with E-state index in [1.807, 2.05) is 6.92 Å². The molecule has 0 aliphatic heterocycles. The molecule has 1 nitrogen and oxygen atoms in total. The van der Waals surface area contributed by atoms with Gasteiger partial charge in [-0.1, -0.05) is 13.8 Å². The van der Waals surface area contributed by atoms with Crippen molar-refractivity contribution < 1.29 is 4.39 Å². The smallest absolute Gasteiger partial charge is 0.144 e. The van der Waals surface area contributed by atoms with Crippen molar-refractivity contribution in [1.82, 2.24) is 4.98 Å². The van der Waals surface area contributed by atoms with Gasteiger partial charge in [-0.3, -0.25) is 4.98 Å². The molecule has 0 spiro atoms. The second-order valence-electron chi connectivity index (χ2n) is 3.48. The summed E-state index contributed by atoms with van der Waals surface area (Å²) >= 11 is 0. The number of nitrogens with zero attached hydrogens (tertiary/aromatic N) is 1. The van der Waals surface area contributed by atoms with Crippen molar-refractivity contribution in [2.45, 2.75) is 27.2 Å². The van der Waals surface area contributed by atoms with Crippen LogP contribution in [0.15, 0.2) is 12.1 Å². The van der Waals surface area contributed by atoms with Crippen molar-refractivity contribution >= 4 is 0 Å². The van der Waals surface area contributed by atoms with E-state index >= 15 is 0 Å². The van der Waals surface area contributed by atoms with E-state index in [4.69, 9.17) is 0 Å². The molecule has 0 radical (unpaired) electrons. The van der Waals surface area contributed by atoms with Crippen LogP contribution in [0.3, 0.4) is 0 Å². The van der Waals surface area contributed by atoms with Gasteiger partial charge in [-0.05, 0) is 31.4 Å². The summed E-state index contributed by atoms with van der Waals surface area (Å²) < 4.78 is 13.1. The van der Waals surface area contributed by atoms with Gasteiger partial charge in [0.15, 0.2) is 0 Å². The van der Waals surface area contributed by atoms with E-state index in [0.717, 1.165) is 5.69 Å². The Morgan fingerprint density at radius 2 is 2.08 bits per heavy atom. The van der Waals surface area contributed by atoms with Gasteiger partial charge in [-0.15, -0.1) is 0 Å². The Kier molecular flexibility index (Phi) is 2.79. The van der Waals surface area contributed by atoms with E-state index < -0.39 is 0 Å². The Hall–Kier alpha value is -0.920. The number of rotatable bonds is 2. The van der Waals surface area contributed by atoms with Crippen LogP contribution in [0.1, 0.15) is 25.2 Å². The summed E-state index contributed by atoms with van der Waals surface area (Å²) in [4.78, 5) is 4.14. The van der Waals surface area contributed by atoms with Gasteiger partial charge < -0.3 is 0 Å². The minimum atomic E-state index is -0.186. The van der Waals surface area contributed by atoms with Gasteiger partial charge in [-0.2, -0.15) is 0 Å². The van der Waals surface area contributed by atoms with E-state index in [1.54, 1.807) is 6.07 Å². The molecule has 0 saturated carbocycles. The zero-order valence-corrected chi connectivity index (χ0v) is 7.76. The molecular weight excluding hydrogens is 153 g/mol. The van der Waals surface area contributed by atoms with Gasteiger partial charge in [0.05, 0.1) is 5.69 Å². The zero-order chi connectivity index (χ0) is 9.14. The molecule has 1 aromatic heterocycles. The van der Waals surface area contributed by atoms with E-state index in [9.17, 15) is 4.39 Å². The predicted molar refractivity (Wildman–Crippen MR) is 47.5 cm³/mol. The molecule has 0 amide bonds. The van der Waals surface area contributed by atoms with Gasteiger partial charge in [-0.25, -0.2) is 4.39 Å². The maximum Gasteiger partial charge on any atom is 0.144 e. The molecule has 0 unspecified atom stereocenters. The number of halogens is 1. The average molecular weight is 167 g/mol. The van der Waals surface area contributed by atoms with E-state index in [0.29, 0.717) is 18.0 Å². The lowest BCUT2D eigenvalue weighted by Crippen LogP contribution is -2.01. The lowest BCUT2D eigenvalue weighted by Gasteiger charge is -2.05. The highest BCUT2D eigenvalue weighted by Crippen LogP contribution is 2.10. The molecular formula is C10H14FN. The van der Waals surface area contributed by atoms with Crippen molar-refractivity contribution in [3.63, 3.8) is 0 Å². The third kappa shape index (κ3) is 2.29. The molecule has 0 aromatic carbocycles. The quantitative estimate of drug-likeness (QED) is 0.660. The summed E-state index contributed by atoms with van der Waals surface area (Å²) in [6, 6.07) is 3.18.